The molecule has 0 atom stereocenters. The molecule has 0 aliphatic carbocycles. The molecule has 0 fully saturated rings. The van der Waals surface area contributed by atoms with Gasteiger partial charge in [-0.05, 0) is 42.8 Å². The molecule has 6 nitrogen and oxygen atoms in total. The number of esters is 1. The maximum atomic E-state index is 12.3. The fourth-order valence-electron chi connectivity index (χ4n) is 2.90. The van der Waals surface area contributed by atoms with E-state index in [9.17, 15) is 9.59 Å². The van der Waals surface area contributed by atoms with Gasteiger partial charge in [0.15, 0.2) is 5.75 Å². The number of amides is 1. The van der Waals surface area contributed by atoms with Crippen LogP contribution in [-0.4, -0.2) is 18.5 Å². The van der Waals surface area contributed by atoms with Gasteiger partial charge >= 0.3 is 5.97 Å². The van der Waals surface area contributed by atoms with E-state index in [1.165, 1.54) is 6.92 Å². The second-order valence-electron chi connectivity index (χ2n) is 6.56. The third-order valence-corrected chi connectivity index (χ3v) is 4.22. The summed E-state index contributed by atoms with van der Waals surface area (Å²) < 4.78 is 5.13. The summed E-state index contributed by atoms with van der Waals surface area (Å²) in [6.07, 6.45) is 0. The van der Waals surface area contributed by atoms with E-state index < -0.39 is 5.97 Å². The number of hydroxylamine groups is 1. The van der Waals surface area contributed by atoms with Crippen molar-refractivity contribution in [2.75, 3.05) is 17.0 Å². The van der Waals surface area contributed by atoms with Crippen molar-refractivity contribution >= 4 is 23.3 Å². The van der Waals surface area contributed by atoms with Crippen LogP contribution in [0.4, 0.5) is 11.4 Å². The van der Waals surface area contributed by atoms with Gasteiger partial charge in [-0.2, -0.15) is 0 Å². The number of carbonyl (C=O) groups is 2. The van der Waals surface area contributed by atoms with Crippen molar-refractivity contribution < 1.29 is 19.2 Å². The van der Waals surface area contributed by atoms with Crippen molar-refractivity contribution in [2.24, 2.45) is 0 Å². The number of hydrogen-bond acceptors (Lipinski definition) is 5. The first-order valence-electron chi connectivity index (χ1n) is 9.70. The number of nitrogens with zero attached hydrogens (tertiary/aromatic N) is 1. The lowest BCUT2D eigenvalue weighted by molar-refractivity contribution is -0.114. The Morgan fingerprint density at radius 1 is 0.933 bits per heavy atom. The SMILES string of the molecule is CCOC(=O)c1ccc(NC(C)=O)c(N(Cc2ccccc2)Oc2ccccc2)c1. The molecule has 1 N–H and O–H groups in total. The number of ether oxygens (including phenoxy) is 1. The van der Waals surface area contributed by atoms with E-state index in [2.05, 4.69) is 5.32 Å². The number of para-hydroxylation sites is 1. The van der Waals surface area contributed by atoms with Crippen LogP contribution in [0.3, 0.4) is 0 Å². The van der Waals surface area contributed by atoms with E-state index in [-0.39, 0.29) is 12.5 Å². The molecule has 3 aromatic rings. The van der Waals surface area contributed by atoms with Crippen LogP contribution in [0.15, 0.2) is 78.9 Å². The molecule has 154 valence electrons. The Kier molecular flexibility index (Phi) is 7.05. The van der Waals surface area contributed by atoms with Crippen LogP contribution < -0.4 is 15.2 Å². The minimum atomic E-state index is -0.438. The van der Waals surface area contributed by atoms with Gasteiger partial charge in [-0.25, -0.2) is 9.86 Å². The van der Waals surface area contributed by atoms with Crippen molar-refractivity contribution in [3.05, 3.63) is 90.0 Å². The summed E-state index contributed by atoms with van der Waals surface area (Å²) in [5.41, 5.74) is 2.45. The summed E-state index contributed by atoms with van der Waals surface area (Å²) in [5, 5.41) is 4.46. The second kappa shape index (κ2) is 10.1. The Labute approximate surface area is 176 Å². The second-order valence-corrected chi connectivity index (χ2v) is 6.56. The molecule has 0 aromatic heterocycles. The van der Waals surface area contributed by atoms with Crippen molar-refractivity contribution in [3.63, 3.8) is 0 Å². The summed E-state index contributed by atoms with van der Waals surface area (Å²) in [4.78, 5) is 30.2. The third-order valence-electron chi connectivity index (χ3n) is 4.22. The number of benzene rings is 3. The highest BCUT2D eigenvalue weighted by molar-refractivity contribution is 5.96. The highest BCUT2D eigenvalue weighted by Crippen LogP contribution is 2.30. The minimum Gasteiger partial charge on any atom is -0.462 e. The minimum absolute atomic E-state index is 0.223. The first kappa shape index (κ1) is 20.9. The highest BCUT2D eigenvalue weighted by atomic mass is 16.7. The number of anilines is 2. The number of carbonyl (C=O) groups excluding carboxylic acids is 2. The summed E-state index contributed by atoms with van der Waals surface area (Å²) in [6, 6.07) is 24.1. The van der Waals surface area contributed by atoms with Gasteiger partial charge in [0.2, 0.25) is 5.91 Å². The summed E-state index contributed by atoms with van der Waals surface area (Å²) >= 11 is 0. The van der Waals surface area contributed by atoms with Gasteiger partial charge in [0.05, 0.1) is 30.1 Å². The summed E-state index contributed by atoms with van der Waals surface area (Å²) in [5.74, 6) is -0.0317. The number of nitrogens with one attached hydrogen (secondary N) is 1. The molecule has 1 amide bonds. The molecule has 0 aliphatic rings. The average Bonchev–Trinajstić information content (AvgIpc) is 2.75. The number of hydrogen-bond donors (Lipinski definition) is 1. The van der Waals surface area contributed by atoms with Crippen LogP contribution in [0, 0.1) is 0 Å². The van der Waals surface area contributed by atoms with Gasteiger partial charge in [-0.1, -0.05) is 48.5 Å². The number of rotatable bonds is 8. The fraction of sp³-hybridized carbons (Fsp3) is 0.167. The summed E-state index contributed by atoms with van der Waals surface area (Å²) in [7, 11) is 0. The molecule has 6 heteroatoms. The quantitative estimate of drug-likeness (QED) is 0.431. The molecule has 0 unspecified atom stereocenters. The molecule has 0 saturated carbocycles. The van der Waals surface area contributed by atoms with Crippen LogP contribution in [0.25, 0.3) is 0 Å². The molecule has 0 radical (unpaired) electrons. The van der Waals surface area contributed by atoms with Crippen LogP contribution in [-0.2, 0) is 16.1 Å². The lowest BCUT2D eigenvalue weighted by Crippen LogP contribution is -2.28. The normalized spacial score (nSPS) is 10.2. The molecule has 3 rings (SSSR count). The largest absolute Gasteiger partial charge is 0.462 e. The lowest BCUT2D eigenvalue weighted by Gasteiger charge is -2.27. The van der Waals surface area contributed by atoms with Gasteiger partial charge < -0.3 is 14.9 Å². The van der Waals surface area contributed by atoms with Crippen LogP contribution in [0.1, 0.15) is 29.8 Å². The Bertz CT molecular complexity index is 949. The third kappa shape index (κ3) is 5.61. The predicted octanol–water partition coefficient (Wildman–Crippen LogP) is 4.82. The van der Waals surface area contributed by atoms with Crippen LogP contribution in [0.2, 0.25) is 0 Å². The maximum Gasteiger partial charge on any atom is 0.338 e. The molecule has 0 bridgehead atoms. The van der Waals surface area contributed by atoms with Gasteiger partial charge in [-0.15, -0.1) is 0 Å². The van der Waals surface area contributed by atoms with Crippen molar-refractivity contribution in [1.82, 2.24) is 0 Å². The standard InChI is InChI=1S/C24H24N2O4/c1-3-29-24(28)20-14-15-22(25-18(2)27)23(16-20)26(17-19-10-6-4-7-11-19)30-21-12-8-5-9-13-21/h4-16H,3,17H2,1-2H3,(H,25,27). The van der Waals surface area contributed by atoms with Crippen molar-refractivity contribution in [1.29, 1.82) is 0 Å². The zero-order valence-electron chi connectivity index (χ0n) is 17.0. The van der Waals surface area contributed by atoms with E-state index in [0.717, 1.165) is 5.56 Å². The molecule has 0 spiro atoms. The average molecular weight is 404 g/mol. The first-order chi connectivity index (χ1) is 14.6. The predicted molar refractivity (Wildman–Crippen MR) is 116 cm³/mol. The molecule has 0 aliphatic heterocycles. The van der Waals surface area contributed by atoms with Crippen LogP contribution in [0.5, 0.6) is 5.75 Å². The van der Waals surface area contributed by atoms with Gasteiger partial charge in [0, 0.05) is 6.92 Å². The topological polar surface area (TPSA) is 67.9 Å². The maximum absolute atomic E-state index is 12.3. The lowest BCUT2D eigenvalue weighted by atomic mass is 10.1. The Morgan fingerprint density at radius 2 is 1.60 bits per heavy atom. The molecular formula is C24H24N2O4. The van der Waals surface area contributed by atoms with Crippen molar-refractivity contribution in [2.45, 2.75) is 20.4 Å². The highest BCUT2D eigenvalue weighted by Gasteiger charge is 2.19. The molecule has 0 saturated heterocycles. The first-order valence-corrected chi connectivity index (χ1v) is 9.70. The zero-order valence-corrected chi connectivity index (χ0v) is 17.0. The van der Waals surface area contributed by atoms with E-state index >= 15 is 0 Å². The van der Waals surface area contributed by atoms with Crippen LogP contribution >= 0.6 is 0 Å². The van der Waals surface area contributed by atoms with E-state index in [0.29, 0.717) is 29.2 Å². The van der Waals surface area contributed by atoms with E-state index in [4.69, 9.17) is 9.57 Å². The zero-order chi connectivity index (χ0) is 21.3. The Hall–Kier alpha value is -3.80. The van der Waals surface area contributed by atoms with Gasteiger partial charge in [0.25, 0.3) is 0 Å². The molecule has 3 aromatic carbocycles. The molecule has 0 heterocycles. The molecular weight excluding hydrogens is 380 g/mol. The smallest absolute Gasteiger partial charge is 0.338 e. The fourth-order valence-corrected chi connectivity index (χ4v) is 2.90. The molecule has 30 heavy (non-hydrogen) atoms. The van der Waals surface area contributed by atoms with Gasteiger partial charge in [-0.3, -0.25) is 4.79 Å². The Morgan fingerprint density at radius 3 is 2.23 bits per heavy atom. The van der Waals surface area contributed by atoms with Crippen molar-refractivity contribution in [3.8, 4) is 5.75 Å². The van der Waals surface area contributed by atoms with E-state index in [1.807, 2.05) is 60.7 Å². The Balaban J connectivity index is 2.04. The summed E-state index contributed by atoms with van der Waals surface area (Å²) in [6.45, 7) is 3.86. The monoisotopic (exact) mass is 404 g/mol. The van der Waals surface area contributed by atoms with E-state index in [1.54, 1.807) is 30.2 Å². The van der Waals surface area contributed by atoms with Gasteiger partial charge in [0.1, 0.15) is 0 Å².